The molecule has 7 nitrogen and oxygen atoms in total. The Labute approximate surface area is 122 Å². The predicted octanol–water partition coefficient (Wildman–Crippen LogP) is 2.89. The second-order valence-electron chi connectivity index (χ2n) is 4.28. The van der Waals surface area contributed by atoms with E-state index in [2.05, 4.69) is 5.18 Å². The average molecular weight is 309 g/mol. The van der Waals surface area contributed by atoms with E-state index in [-0.39, 0.29) is 10.6 Å². The number of aliphatic carboxylic acids is 1. The molecule has 0 aliphatic carbocycles. The van der Waals surface area contributed by atoms with Crippen molar-refractivity contribution in [2.75, 3.05) is 6.61 Å². The topological polar surface area (TPSA) is 113 Å². The molecule has 2 N–H and O–H groups in total. The maximum Gasteiger partial charge on any atom is 0.349 e. The minimum absolute atomic E-state index is 0.0307. The highest BCUT2D eigenvalue weighted by molar-refractivity contribution is 7.21. The van der Waals surface area contributed by atoms with E-state index in [1.807, 2.05) is 0 Å². The van der Waals surface area contributed by atoms with Gasteiger partial charge in [-0.2, -0.15) is 4.91 Å². The molecule has 21 heavy (non-hydrogen) atoms. The normalized spacial score (nSPS) is 12.0. The zero-order chi connectivity index (χ0) is 15.6. The quantitative estimate of drug-likeness (QED) is 0.793. The SMILES string of the molecule is CC(N=O)c1ccc2c(OCC(=O)O)c(C(=O)O)sc2c1. The molecule has 1 atom stereocenters. The molecule has 2 aromatic rings. The summed E-state index contributed by atoms with van der Waals surface area (Å²) in [5.74, 6) is -2.36. The van der Waals surface area contributed by atoms with Crippen molar-refractivity contribution < 1.29 is 24.5 Å². The molecule has 0 saturated carbocycles. The maximum absolute atomic E-state index is 11.2. The van der Waals surface area contributed by atoms with E-state index in [1.54, 1.807) is 25.1 Å². The summed E-state index contributed by atoms with van der Waals surface area (Å²) in [6.45, 7) is 1.00. The Morgan fingerprint density at radius 3 is 2.67 bits per heavy atom. The summed E-state index contributed by atoms with van der Waals surface area (Å²) < 4.78 is 5.68. The fourth-order valence-electron chi connectivity index (χ4n) is 1.83. The molecule has 0 fully saturated rings. The van der Waals surface area contributed by atoms with Crippen molar-refractivity contribution in [2.45, 2.75) is 13.0 Å². The highest BCUT2D eigenvalue weighted by Gasteiger charge is 2.21. The summed E-state index contributed by atoms with van der Waals surface area (Å²) in [5, 5.41) is 21.2. The van der Waals surface area contributed by atoms with Crippen LogP contribution < -0.4 is 4.74 Å². The third-order valence-corrected chi connectivity index (χ3v) is 3.97. The number of benzene rings is 1. The summed E-state index contributed by atoms with van der Waals surface area (Å²) in [6, 6.07) is 4.35. The van der Waals surface area contributed by atoms with Crippen molar-refractivity contribution in [3.05, 3.63) is 33.5 Å². The van der Waals surface area contributed by atoms with Crippen LogP contribution in [-0.4, -0.2) is 28.8 Å². The van der Waals surface area contributed by atoms with Crippen molar-refractivity contribution in [3.8, 4) is 5.75 Å². The van der Waals surface area contributed by atoms with E-state index in [1.165, 1.54) is 0 Å². The summed E-state index contributed by atoms with van der Waals surface area (Å²) >= 11 is 0.965. The van der Waals surface area contributed by atoms with Gasteiger partial charge in [-0.15, -0.1) is 11.3 Å². The lowest BCUT2D eigenvalue weighted by molar-refractivity contribution is -0.139. The lowest BCUT2D eigenvalue weighted by atomic mass is 10.1. The van der Waals surface area contributed by atoms with Crippen molar-refractivity contribution >= 4 is 33.4 Å². The zero-order valence-corrected chi connectivity index (χ0v) is 11.7. The maximum atomic E-state index is 11.2. The second-order valence-corrected chi connectivity index (χ2v) is 5.34. The number of hydrogen-bond donors (Lipinski definition) is 2. The molecule has 1 aromatic carbocycles. The lowest BCUT2D eigenvalue weighted by Crippen LogP contribution is -2.10. The summed E-state index contributed by atoms with van der Waals surface area (Å²) in [6.07, 6.45) is 0. The van der Waals surface area contributed by atoms with E-state index in [4.69, 9.17) is 9.84 Å². The Bertz CT molecular complexity index is 723. The lowest BCUT2D eigenvalue weighted by Gasteiger charge is -2.05. The largest absolute Gasteiger partial charge is 0.479 e. The Morgan fingerprint density at radius 1 is 1.38 bits per heavy atom. The third-order valence-electron chi connectivity index (χ3n) is 2.84. The summed E-state index contributed by atoms with van der Waals surface area (Å²) in [5.41, 5.74) is 0.653. The molecular weight excluding hydrogens is 298 g/mol. The standard InChI is InChI=1S/C13H11NO6S/c1-6(14-19)7-2-3-8-9(4-7)21-12(13(17)18)11(8)20-5-10(15)16/h2-4,6H,5H2,1H3,(H,15,16)(H,17,18). The van der Waals surface area contributed by atoms with Crippen LogP contribution in [0, 0.1) is 4.91 Å². The van der Waals surface area contributed by atoms with Crippen molar-refractivity contribution in [2.24, 2.45) is 5.18 Å². The van der Waals surface area contributed by atoms with E-state index in [9.17, 15) is 19.6 Å². The first-order valence-corrected chi connectivity index (χ1v) is 6.72. The number of rotatable bonds is 6. The highest BCUT2D eigenvalue weighted by atomic mass is 32.1. The Hall–Kier alpha value is -2.48. The monoisotopic (exact) mass is 309 g/mol. The first kappa shape index (κ1) is 14.9. The first-order chi connectivity index (χ1) is 9.93. The fraction of sp³-hybridized carbons (Fsp3) is 0.231. The molecule has 0 radical (unpaired) electrons. The van der Waals surface area contributed by atoms with E-state index in [0.29, 0.717) is 15.6 Å². The smallest absolute Gasteiger partial charge is 0.349 e. The van der Waals surface area contributed by atoms with Gasteiger partial charge in [0.15, 0.2) is 17.2 Å². The molecule has 0 saturated heterocycles. The highest BCUT2D eigenvalue weighted by Crippen LogP contribution is 2.39. The van der Waals surface area contributed by atoms with Crippen LogP contribution in [0.25, 0.3) is 10.1 Å². The number of thiophene rings is 1. The van der Waals surface area contributed by atoms with Crippen LogP contribution in [0.1, 0.15) is 28.2 Å². The summed E-state index contributed by atoms with van der Waals surface area (Å²) in [4.78, 5) is 32.3. The fourth-order valence-corrected chi connectivity index (χ4v) is 2.86. The van der Waals surface area contributed by atoms with Gasteiger partial charge in [-0.1, -0.05) is 11.2 Å². The van der Waals surface area contributed by atoms with E-state index in [0.717, 1.165) is 11.3 Å². The van der Waals surface area contributed by atoms with E-state index < -0.39 is 24.6 Å². The number of carbonyl (C=O) groups is 2. The van der Waals surface area contributed by atoms with Gasteiger partial charge in [-0.25, -0.2) is 9.59 Å². The van der Waals surface area contributed by atoms with Crippen LogP contribution in [-0.2, 0) is 4.79 Å². The Balaban J connectivity index is 2.54. The first-order valence-electron chi connectivity index (χ1n) is 5.90. The number of ether oxygens (including phenoxy) is 1. The predicted molar refractivity (Wildman–Crippen MR) is 76.1 cm³/mol. The van der Waals surface area contributed by atoms with Crippen molar-refractivity contribution in [1.29, 1.82) is 0 Å². The van der Waals surface area contributed by atoms with Crippen LogP contribution in [0.2, 0.25) is 0 Å². The second kappa shape index (κ2) is 5.88. The van der Waals surface area contributed by atoms with Crippen LogP contribution in [0.4, 0.5) is 0 Å². The van der Waals surface area contributed by atoms with Crippen LogP contribution in [0.5, 0.6) is 5.75 Å². The minimum atomic E-state index is -1.19. The van der Waals surface area contributed by atoms with Crippen molar-refractivity contribution in [3.63, 3.8) is 0 Å². The van der Waals surface area contributed by atoms with Gasteiger partial charge in [-0.05, 0) is 24.6 Å². The molecule has 1 heterocycles. The molecule has 0 aliphatic rings. The van der Waals surface area contributed by atoms with Crippen LogP contribution in [0.3, 0.4) is 0 Å². The van der Waals surface area contributed by atoms with Crippen molar-refractivity contribution in [1.82, 2.24) is 0 Å². The van der Waals surface area contributed by atoms with E-state index >= 15 is 0 Å². The number of carboxylic acid groups (broad SMARTS) is 2. The number of fused-ring (bicyclic) bond motifs is 1. The van der Waals surface area contributed by atoms with Gasteiger partial charge in [0.1, 0.15) is 6.04 Å². The molecule has 0 spiro atoms. The molecule has 0 bridgehead atoms. The van der Waals surface area contributed by atoms with Gasteiger partial charge >= 0.3 is 11.9 Å². The number of aromatic carboxylic acids is 1. The Morgan fingerprint density at radius 2 is 2.10 bits per heavy atom. The van der Waals surface area contributed by atoms with Gasteiger partial charge in [0.25, 0.3) is 0 Å². The van der Waals surface area contributed by atoms with Gasteiger partial charge in [0.05, 0.1) is 0 Å². The molecule has 1 aromatic heterocycles. The third kappa shape index (κ3) is 3.00. The molecule has 0 amide bonds. The molecule has 0 aliphatic heterocycles. The average Bonchev–Trinajstić information content (AvgIpc) is 2.82. The summed E-state index contributed by atoms with van der Waals surface area (Å²) in [7, 11) is 0. The number of nitrogens with zero attached hydrogens (tertiary/aromatic N) is 1. The molecule has 110 valence electrons. The van der Waals surface area contributed by atoms with Gasteiger partial charge in [0.2, 0.25) is 0 Å². The number of nitroso groups, excluding NO2 is 1. The molecule has 1 unspecified atom stereocenters. The van der Waals surface area contributed by atoms with Gasteiger partial charge < -0.3 is 14.9 Å². The zero-order valence-electron chi connectivity index (χ0n) is 10.9. The number of carboxylic acids is 2. The minimum Gasteiger partial charge on any atom is -0.479 e. The number of hydrogen-bond acceptors (Lipinski definition) is 6. The van der Waals surface area contributed by atoms with Gasteiger partial charge in [-0.3, -0.25) is 0 Å². The molecular formula is C13H11NO6S. The molecule has 2 rings (SSSR count). The van der Waals surface area contributed by atoms with Crippen LogP contribution in [0.15, 0.2) is 23.4 Å². The Kier molecular flexibility index (Phi) is 4.18. The molecule has 8 heteroatoms. The van der Waals surface area contributed by atoms with Crippen LogP contribution >= 0.6 is 11.3 Å². The van der Waals surface area contributed by atoms with Gasteiger partial charge in [0, 0.05) is 10.1 Å².